The second-order valence-corrected chi connectivity index (χ2v) is 11.3. The Labute approximate surface area is 202 Å². The van der Waals surface area contributed by atoms with E-state index in [1.807, 2.05) is 52.0 Å². The summed E-state index contributed by atoms with van der Waals surface area (Å²) in [4.78, 5) is 45.5. The van der Waals surface area contributed by atoms with Crippen LogP contribution in [0.1, 0.15) is 44.5 Å². The number of hydrogen-bond acceptors (Lipinski definition) is 6. The highest BCUT2D eigenvalue weighted by Gasteiger charge is 2.51. The maximum atomic E-state index is 13.6. The molecule has 4 rings (SSSR count). The van der Waals surface area contributed by atoms with Crippen LogP contribution >= 0.6 is 0 Å². The van der Waals surface area contributed by atoms with Crippen molar-refractivity contribution in [3.63, 3.8) is 0 Å². The molecule has 1 N–H and O–H groups in total. The van der Waals surface area contributed by atoms with Gasteiger partial charge in [0.25, 0.3) is 5.91 Å². The zero-order valence-electron chi connectivity index (χ0n) is 21.0. The molecule has 3 aliphatic heterocycles. The molecule has 186 valence electrons. The molecule has 0 unspecified atom stereocenters. The molecule has 0 bridgehead atoms. The first-order valence-electron chi connectivity index (χ1n) is 12.3. The second kappa shape index (κ2) is 9.66. The number of nitrogens with one attached hydrogen (secondary N) is 1. The number of ether oxygens (including phenoxy) is 1. The summed E-state index contributed by atoms with van der Waals surface area (Å²) in [6, 6.07) is 6.35. The van der Waals surface area contributed by atoms with Gasteiger partial charge in [-0.1, -0.05) is 27.7 Å². The van der Waals surface area contributed by atoms with Crippen LogP contribution in [0.4, 0.5) is 5.69 Å². The smallest absolute Gasteiger partial charge is 0.251 e. The number of carbonyl (C=O) groups is 3. The van der Waals surface area contributed by atoms with Gasteiger partial charge in [0.2, 0.25) is 5.91 Å². The van der Waals surface area contributed by atoms with Crippen LogP contribution in [0, 0.1) is 11.3 Å². The van der Waals surface area contributed by atoms with Crippen LogP contribution in [-0.4, -0.2) is 92.0 Å². The quantitative estimate of drug-likeness (QED) is 0.707. The van der Waals surface area contributed by atoms with Crippen molar-refractivity contribution >= 4 is 23.3 Å². The molecule has 34 heavy (non-hydrogen) atoms. The normalized spacial score (nSPS) is 26.5. The number of nitrogens with zero attached hydrogens (tertiary/aromatic N) is 3. The van der Waals surface area contributed by atoms with Crippen molar-refractivity contribution in [3.8, 4) is 0 Å². The van der Waals surface area contributed by atoms with Gasteiger partial charge < -0.3 is 24.8 Å². The highest BCUT2D eigenvalue weighted by Crippen LogP contribution is 2.33. The molecule has 8 nitrogen and oxygen atoms in total. The Morgan fingerprint density at radius 1 is 1.12 bits per heavy atom. The molecule has 1 aromatic rings. The summed E-state index contributed by atoms with van der Waals surface area (Å²) < 4.78 is 5.64. The van der Waals surface area contributed by atoms with Crippen molar-refractivity contribution in [2.24, 2.45) is 11.3 Å². The topological polar surface area (TPSA) is 82.2 Å². The van der Waals surface area contributed by atoms with Crippen LogP contribution < -0.4 is 10.2 Å². The van der Waals surface area contributed by atoms with E-state index in [2.05, 4.69) is 22.2 Å². The average molecular weight is 471 g/mol. The minimum Gasteiger partial charge on any atom is -0.369 e. The van der Waals surface area contributed by atoms with Crippen LogP contribution in [0.15, 0.2) is 24.3 Å². The Kier molecular flexibility index (Phi) is 7.01. The SMILES string of the molecule is C[C@@H]1CN(C(=O)[C@H](CC(C)(C)C)NC(=O)c2ccc(N3CCN(C)CC3)cc2)[C@@H]2C(=O)CO[C@H]12. The van der Waals surface area contributed by atoms with Gasteiger partial charge in [-0.3, -0.25) is 14.4 Å². The fourth-order valence-electron chi connectivity index (χ4n) is 5.26. The van der Waals surface area contributed by atoms with E-state index >= 15 is 0 Å². The van der Waals surface area contributed by atoms with Crippen LogP contribution in [0.2, 0.25) is 0 Å². The van der Waals surface area contributed by atoms with Gasteiger partial charge in [0.05, 0.1) is 6.10 Å². The van der Waals surface area contributed by atoms with Crippen LogP contribution in [0.25, 0.3) is 0 Å². The molecule has 4 atom stereocenters. The summed E-state index contributed by atoms with van der Waals surface area (Å²) in [6.45, 7) is 12.6. The molecular formula is C26H38N4O4. The van der Waals surface area contributed by atoms with Crippen molar-refractivity contribution in [2.45, 2.75) is 52.3 Å². The number of anilines is 1. The number of fused-ring (bicyclic) bond motifs is 1. The second-order valence-electron chi connectivity index (χ2n) is 11.3. The van der Waals surface area contributed by atoms with Crippen LogP contribution in [0.5, 0.6) is 0 Å². The van der Waals surface area contributed by atoms with E-state index in [0.717, 1.165) is 31.9 Å². The number of likely N-dealkylation sites (N-methyl/N-ethyl adjacent to an activating group) is 1. The Hall–Kier alpha value is -2.45. The standard InChI is InChI=1S/C26H38N4O4/c1-17-15-30(22-21(31)16-34-23(17)22)25(33)20(14-26(2,3)4)27-24(32)18-6-8-19(9-7-18)29-12-10-28(5)11-13-29/h6-9,17,20,22-23H,10-16H2,1-5H3,(H,27,32)/t17-,20+,22-,23-/m1/s1. The number of carbonyl (C=O) groups excluding carboxylic acids is 3. The Morgan fingerprint density at radius 3 is 2.38 bits per heavy atom. The highest BCUT2D eigenvalue weighted by molar-refractivity contribution is 5.99. The Balaban J connectivity index is 1.47. The van der Waals surface area contributed by atoms with Crippen molar-refractivity contribution < 1.29 is 19.1 Å². The van der Waals surface area contributed by atoms with Gasteiger partial charge in [-0.25, -0.2) is 0 Å². The first kappa shape index (κ1) is 24.7. The lowest BCUT2D eigenvalue weighted by Crippen LogP contribution is -2.53. The number of Topliss-reactive ketones (excluding diaryl/α,β-unsaturated/α-hetero) is 1. The molecule has 0 saturated carbocycles. The number of piperazine rings is 1. The van der Waals surface area contributed by atoms with Crippen molar-refractivity contribution in [2.75, 3.05) is 51.3 Å². The fraction of sp³-hybridized carbons (Fsp3) is 0.654. The maximum Gasteiger partial charge on any atom is 0.251 e. The minimum atomic E-state index is -0.704. The number of likely N-dealkylation sites (tertiary alicyclic amines) is 1. The van der Waals surface area contributed by atoms with E-state index in [1.54, 1.807) is 4.90 Å². The summed E-state index contributed by atoms with van der Waals surface area (Å²) in [7, 11) is 2.12. The van der Waals surface area contributed by atoms with Gasteiger partial charge in [-0.2, -0.15) is 0 Å². The third kappa shape index (κ3) is 5.28. The molecule has 0 spiro atoms. The van der Waals surface area contributed by atoms with E-state index < -0.39 is 12.1 Å². The molecule has 0 radical (unpaired) electrons. The summed E-state index contributed by atoms with van der Waals surface area (Å²) in [5, 5.41) is 2.98. The molecule has 3 heterocycles. The third-order valence-corrected chi connectivity index (χ3v) is 7.14. The maximum absolute atomic E-state index is 13.6. The lowest BCUT2D eigenvalue weighted by atomic mass is 9.87. The zero-order chi connectivity index (χ0) is 24.6. The molecule has 3 fully saturated rings. The van der Waals surface area contributed by atoms with Gasteiger partial charge in [0, 0.05) is 49.9 Å². The highest BCUT2D eigenvalue weighted by atomic mass is 16.5. The van der Waals surface area contributed by atoms with E-state index in [1.165, 1.54) is 0 Å². The molecule has 0 aromatic heterocycles. The predicted molar refractivity (Wildman–Crippen MR) is 131 cm³/mol. The van der Waals surface area contributed by atoms with E-state index in [-0.39, 0.29) is 41.6 Å². The van der Waals surface area contributed by atoms with Crippen molar-refractivity contribution in [3.05, 3.63) is 29.8 Å². The lowest BCUT2D eigenvalue weighted by molar-refractivity contribution is -0.138. The van der Waals surface area contributed by atoms with Gasteiger partial charge in [-0.05, 0) is 43.1 Å². The largest absolute Gasteiger partial charge is 0.369 e. The minimum absolute atomic E-state index is 0.0527. The zero-order valence-corrected chi connectivity index (χ0v) is 21.0. The van der Waals surface area contributed by atoms with Gasteiger partial charge in [0.1, 0.15) is 18.7 Å². The molecule has 3 aliphatic rings. The van der Waals surface area contributed by atoms with E-state index in [9.17, 15) is 14.4 Å². The van der Waals surface area contributed by atoms with E-state index in [0.29, 0.717) is 18.5 Å². The Morgan fingerprint density at radius 2 is 1.76 bits per heavy atom. The van der Waals surface area contributed by atoms with Crippen molar-refractivity contribution in [1.29, 1.82) is 0 Å². The van der Waals surface area contributed by atoms with Gasteiger partial charge in [-0.15, -0.1) is 0 Å². The Bertz CT molecular complexity index is 918. The third-order valence-electron chi connectivity index (χ3n) is 7.14. The van der Waals surface area contributed by atoms with Crippen molar-refractivity contribution in [1.82, 2.24) is 15.1 Å². The van der Waals surface area contributed by atoms with Crippen LogP contribution in [-0.2, 0) is 14.3 Å². The summed E-state index contributed by atoms with van der Waals surface area (Å²) in [5.41, 5.74) is 1.45. The molecule has 8 heteroatoms. The van der Waals surface area contributed by atoms with Gasteiger partial charge in [0.15, 0.2) is 5.78 Å². The molecular weight excluding hydrogens is 432 g/mol. The molecule has 2 amide bonds. The number of ketones is 1. The fourth-order valence-corrected chi connectivity index (χ4v) is 5.26. The number of amides is 2. The van der Waals surface area contributed by atoms with Gasteiger partial charge >= 0.3 is 0 Å². The number of hydrogen-bond donors (Lipinski definition) is 1. The predicted octanol–water partition coefficient (Wildman–Crippen LogP) is 1.79. The summed E-state index contributed by atoms with van der Waals surface area (Å²) >= 11 is 0. The molecule has 1 aromatic carbocycles. The van der Waals surface area contributed by atoms with Crippen LogP contribution in [0.3, 0.4) is 0 Å². The average Bonchev–Trinajstić information content (AvgIpc) is 3.33. The summed E-state index contributed by atoms with van der Waals surface area (Å²) in [5.74, 6) is -0.433. The summed E-state index contributed by atoms with van der Waals surface area (Å²) in [6.07, 6.45) is 0.235. The number of rotatable bonds is 5. The molecule has 0 aliphatic carbocycles. The first-order valence-corrected chi connectivity index (χ1v) is 12.3. The monoisotopic (exact) mass is 470 g/mol. The molecule has 3 saturated heterocycles. The first-order chi connectivity index (χ1) is 16.0. The number of benzene rings is 1. The van der Waals surface area contributed by atoms with E-state index in [4.69, 9.17) is 4.74 Å². The lowest BCUT2D eigenvalue weighted by Gasteiger charge is -2.34.